The van der Waals surface area contributed by atoms with Gasteiger partial charge in [0.25, 0.3) is 5.91 Å². The lowest BCUT2D eigenvalue weighted by Gasteiger charge is -1.96. The first kappa shape index (κ1) is 9.50. The number of benzene rings is 1. The second kappa shape index (κ2) is 4.44. The molecule has 0 heterocycles. The van der Waals surface area contributed by atoms with Crippen molar-refractivity contribution in [2.45, 2.75) is 0 Å². The van der Waals surface area contributed by atoms with Crippen LogP contribution in [0.3, 0.4) is 0 Å². The molecule has 0 N–H and O–H groups in total. The zero-order valence-electron chi connectivity index (χ0n) is 6.70. The van der Waals surface area contributed by atoms with E-state index in [-0.39, 0.29) is 0 Å². The Morgan fingerprint density at radius 3 is 2.85 bits per heavy atom. The molecule has 0 fully saturated rings. The van der Waals surface area contributed by atoms with Crippen molar-refractivity contribution in [2.24, 2.45) is 4.99 Å². The summed E-state index contributed by atoms with van der Waals surface area (Å²) < 4.78 is 0. The Hall–Kier alpha value is -1.59. The van der Waals surface area contributed by atoms with Crippen molar-refractivity contribution in [1.82, 2.24) is 0 Å². The fourth-order valence-corrected chi connectivity index (χ4v) is 1.02. The molecule has 0 saturated carbocycles. The quantitative estimate of drug-likeness (QED) is 0.494. The summed E-state index contributed by atoms with van der Waals surface area (Å²) in [6.07, 6.45) is 6.01. The van der Waals surface area contributed by atoms with Gasteiger partial charge < -0.3 is 0 Å². The molecule has 0 unspecified atom stereocenters. The second-order valence-corrected chi connectivity index (χ2v) is 2.62. The number of rotatable bonds is 1. The van der Waals surface area contributed by atoms with Gasteiger partial charge in [0, 0.05) is 0 Å². The van der Waals surface area contributed by atoms with Crippen LogP contribution in [-0.2, 0) is 0 Å². The maximum Gasteiger partial charge on any atom is 0.279 e. The SMILES string of the molecule is C#CC=NC(=O)c1ccccc1Cl. The lowest BCUT2D eigenvalue weighted by Crippen LogP contribution is -1.95. The van der Waals surface area contributed by atoms with Crippen LogP contribution in [0.1, 0.15) is 10.4 Å². The van der Waals surface area contributed by atoms with Crippen LogP contribution in [0.4, 0.5) is 0 Å². The van der Waals surface area contributed by atoms with Crippen LogP contribution in [0.25, 0.3) is 0 Å². The van der Waals surface area contributed by atoms with E-state index in [1.165, 1.54) is 0 Å². The minimum Gasteiger partial charge on any atom is -0.267 e. The Morgan fingerprint density at radius 2 is 2.23 bits per heavy atom. The van der Waals surface area contributed by atoms with Gasteiger partial charge in [-0.05, 0) is 12.1 Å². The van der Waals surface area contributed by atoms with E-state index >= 15 is 0 Å². The van der Waals surface area contributed by atoms with E-state index in [1.54, 1.807) is 24.3 Å². The molecule has 1 aromatic rings. The van der Waals surface area contributed by atoms with Crippen LogP contribution < -0.4 is 0 Å². The minimum absolute atomic E-state index is 0.357. The largest absolute Gasteiger partial charge is 0.279 e. The molecular formula is C10H6ClNO. The van der Waals surface area contributed by atoms with Crippen LogP contribution >= 0.6 is 11.6 Å². The number of aliphatic imine (C=N–C) groups is 1. The van der Waals surface area contributed by atoms with E-state index in [1.807, 2.05) is 0 Å². The summed E-state index contributed by atoms with van der Waals surface area (Å²) in [6, 6.07) is 6.67. The number of halogens is 1. The van der Waals surface area contributed by atoms with Crippen LogP contribution in [0.5, 0.6) is 0 Å². The highest BCUT2D eigenvalue weighted by molar-refractivity contribution is 6.34. The van der Waals surface area contributed by atoms with E-state index in [4.69, 9.17) is 18.0 Å². The molecule has 13 heavy (non-hydrogen) atoms. The zero-order valence-corrected chi connectivity index (χ0v) is 7.45. The van der Waals surface area contributed by atoms with Crippen molar-refractivity contribution in [3.05, 3.63) is 34.9 Å². The third-order valence-corrected chi connectivity index (χ3v) is 1.69. The van der Waals surface area contributed by atoms with Gasteiger partial charge in [-0.25, -0.2) is 4.99 Å². The van der Waals surface area contributed by atoms with Crippen molar-refractivity contribution in [1.29, 1.82) is 0 Å². The lowest BCUT2D eigenvalue weighted by atomic mass is 10.2. The van der Waals surface area contributed by atoms with Crippen LogP contribution in [-0.4, -0.2) is 12.1 Å². The molecule has 3 heteroatoms. The molecular weight excluding hydrogens is 186 g/mol. The average molecular weight is 192 g/mol. The van der Waals surface area contributed by atoms with Crippen molar-refractivity contribution in [2.75, 3.05) is 0 Å². The predicted molar refractivity (Wildman–Crippen MR) is 53.1 cm³/mol. The van der Waals surface area contributed by atoms with Crippen LogP contribution in [0.2, 0.25) is 5.02 Å². The highest BCUT2D eigenvalue weighted by atomic mass is 35.5. The second-order valence-electron chi connectivity index (χ2n) is 2.21. The molecule has 1 rings (SSSR count). The van der Waals surface area contributed by atoms with Gasteiger partial charge >= 0.3 is 0 Å². The van der Waals surface area contributed by atoms with Gasteiger partial charge in [-0.3, -0.25) is 4.79 Å². The Morgan fingerprint density at radius 1 is 1.54 bits per heavy atom. The molecule has 2 nitrogen and oxygen atoms in total. The van der Waals surface area contributed by atoms with Crippen molar-refractivity contribution in [3.8, 4) is 12.3 Å². The van der Waals surface area contributed by atoms with Gasteiger partial charge in [-0.2, -0.15) is 0 Å². The third-order valence-electron chi connectivity index (χ3n) is 1.36. The molecule has 0 bridgehead atoms. The number of nitrogens with zero attached hydrogens (tertiary/aromatic N) is 1. The van der Waals surface area contributed by atoms with Gasteiger partial charge in [-0.15, -0.1) is 6.42 Å². The zero-order chi connectivity index (χ0) is 9.68. The first-order valence-corrected chi connectivity index (χ1v) is 3.91. The minimum atomic E-state index is -0.427. The number of terminal acetylenes is 1. The molecule has 0 aliphatic carbocycles. The van der Waals surface area contributed by atoms with E-state index in [9.17, 15) is 4.79 Å². The molecule has 0 aromatic heterocycles. The molecule has 0 aliphatic rings. The molecule has 0 radical (unpaired) electrons. The summed E-state index contributed by atoms with van der Waals surface area (Å²) in [4.78, 5) is 14.7. The number of hydrogen-bond donors (Lipinski definition) is 0. The summed E-state index contributed by atoms with van der Waals surface area (Å²) in [6.45, 7) is 0. The monoisotopic (exact) mass is 191 g/mol. The highest BCUT2D eigenvalue weighted by Crippen LogP contribution is 2.15. The molecule has 64 valence electrons. The summed E-state index contributed by atoms with van der Waals surface area (Å²) in [5.74, 6) is 1.70. The molecule has 0 aliphatic heterocycles. The number of carbonyl (C=O) groups is 1. The van der Waals surface area contributed by atoms with Crippen LogP contribution in [0, 0.1) is 12.3 Å². The number of amides is 1. The molecule has 0 atom stereocenters. The van der Waals surface area contributed by atoms with E-state index in [0.717, 1.165) is 6.21 Å². The maximum atomic E-state index is 11.2. The molecule has 0 spiro atoms. The Kier molecular flexibility index (Phi) is 3.24. The maximum absolute atomic E-state index is 11.2. The van der Waals surface area contributed by atoms with Crippen molar-refractivity contribution in [3.63, 3.8) is 0 Å². The standard InChI is InChI=1S/C10H6ClNO/c1-2-7-12-10(13)8-5-3-4-6-9(8)11/h1,3-7H. The summed E-state index contributed by atoms with van der Waals surface area (Å²) >= 11 is 5.75. The van der Waals surface area contributed by atoms with Gasteiger partial charge in [0.2, 0.25) is 0 Å². The number of hydrogen-bond acceptors (Lipinski definition) is 1. The Bertz CT molecular complexity index is 390. The fourth-order valence-electron chi connectivity index (χ4n) is 0.800. The van der Waals surface area contributed by atoms with Crippen molar-refractivity contribution >= 4 is 23.7 Å². The van der Waals surface area contributed by atoms with Gasteiger partial charge in [-0.1, -0.05) is 29.7 Å². The Labute approximate surface area is 81.3 Å². The van der Waals surface area contributed by atoms with Crippen LogP contribution in [0.15, 0.2) is 29.3 Å². The summed E-state index contributed by atoms with van der Waals surface area (Å²) in [5, 5.41) is 0.377. The predicted octanol–water partition coefficient (Wildman–Crippen LogP) is 2.18. The first-order chi connectivity index (χ1) is 6.25. The van der Waals surface area contributed by atoms with E-state index in [0.29, 0.717) is 10.6 Å². The third kappa shape index (κ3) is 2.43. The van der Waals surface area contributed by atoms with Crippen molar-refractivity contribution < 1.29 is 4.79 Å². The fraction of sp³-hybridized carbons (Fsp3) is 0. The highest BCUT2D eigenvalue weighted by Gasteiger charge is 2.06. The van der Waals surface area contributed by atoms with Gasteiger partial charge in [0.1, 0.15) is 0 Å². The van der Waals surface area contributed by atoms with E-state index in [2.05, 4.69) is 10.9 Å². The number of carbonyl (C=O) groups excluding carboxylic acids is 1. The topological polar surface area (TPSA) is 29.4 Å². The smallest absolute Gasteiger partial charge is 0.267 e. The molecule has 1 amide bonds. The normalized spacial score (nSPS) is 9.85. The van der Waals surface area contributed by atoms with Gasteiger partial charge in [0.15, 0.2) is 0 Å². The lowest BCUT2D eigenvalue weighted by molar-refractivity contribution is 0.100. The first-order valence-electron chi connectivity index (χ1n) is 3.53. The molecule has 0 saturated heterocycles. The summed E-state index contributed by atoms with van der Waals surface area (Å²) in [7, 11) is 0. The Balaban J connectivity index is 2.97. The van der Waals surface area contributed by atoms with Gasteiger partial charge in [0.05, 0.1) is 16.8 Å². The van der Waals surface area contributed by atoms with E-state index < -0.39 is 5.91 Å². The summed E-state index contributed by atoms with van der Waals surface area (Å²) in [5.41, 5.74) is 0.357. The average Bonchev–Trinajstić information content (AvgIpc) is 2.15. The molecule has 1 aromatic carbocycles.